The van der Waals surface area contributed by atoms with E-state index in [0.29, 0.717) is 27.7 Å². The van der Waals surface area contributed by atoms with Gasteiger partial charge in [-0.3, -0.25) is 14.8 Å². The first-order valence-electron chi connectivity index (χ1n) is 9.37. The van der Waals surface area contributed by atoms with Crippen LogP contribution in [0, 0.1) is 0 Å². The molecule has 0 aromatic carbocycles. The minimum absolute atomic E-state index is 0.0662. The molecule has 3 aromatic rings. The number of ether oxygens (including phenoxy) is 1. The topological polar surface area (TPSA) is 97.2 Å². The van der Waals surface area contributed by atoms with E-state index in [4.69, 9.17) is 16.3 Å². The number of pyridine rings is 3. The molecule has 0 aliphatic carbocycles. The number of halogens is 4. The van der Waals surface area contributed by atoms with Crippen molar-refractivity contribution < 1.29 is 27.8 Å². The molecule has 2 N–H and O–H groups in total. The van der Waals surface area contributed by atoms with Gasteiger partial charge >= 0.3 is 6.18 Å². The van der Waals surface area contributed by atoms with Crippen LogP contribution >= 0.6 is 11.6 Å². The van der Waals surface area contributed by atoms with Crippen molar-refractivity contribution in [2.75, 3.05) is 18.5 Å². The average molecular weight is 465 g/mol. The maximum Gasteiger partial charge on any atom is 0.433 e. The Bertz CT molecular complexity index is 1130. The summed E-state index contributed by atoms with van der Waals surface area (Å²) in [4.78, 5) is 24.7. The summed E-state index contributed by atoms with van der Waals surface area (Å²) in [6.07, 6.45) is -0.713. The van der Waals surface area contributed by atoms with Crippen LogP contribution in [0.25, 0.3) is 11.1 Å². The van der Waals surface area contributed by atoms with Gasteiger partial charge in [0, 0.05) is 23.5 Å². The molecule has 32 heavy (non-hydrogen) atoms. The van der Waals surface area contributed by atoms with E-state index in [0.717, 1.165) is 12.3 Å². The molecule has 0 radical (unpaired) electrons. The summed E-state index contributed by atoms with van der Waals surface area (Å²) in [5.74, 6) is -0.333. The Hall–Kier alpha value is -3.08. The molecule has 1 amide bonds. The lowest BCUT2D eigenvalue weighted by molar-refractivity contribution is -0.141. The van der Waals surface area contributed by atoms with Gasteiger partial charge in [0.2, 0.25) is 5.91 Å². The fourth-order valence-corrected chi connectivity index (χ4v) is 3.39. The number of aliphatic hydroxyl groups excluding tert-OH is 1. The second-order valence-electron chi connectivity index (χ2n) is 7.21. The van der Waals surface area contributed by atoms with Crippen LogP contribution in [0.2, 0.25) is 5.15 Å². The Balaban J connectivity index is 1.60. The van der Waals surface area contributed by atoms with E-state index < -0.39 is 23.9 Å². The van der Waals surface area contributed by atoms with E-state index in [2.05, 4.69) is 20.3 Å². The Labute approximate surface area is 185 Å². The van der Waals surface area contributed by atoms with E-state index >= 15 is 0 Å². The highest BCUT2D eigenvalue weighted by atomic mass is 35.5. The van der Waals surface area contributed by atoms with Crippen LogP contribution in [0.4, 0.5) is 18.9 Å². The largest absolute Gasteiger partial charge is 0.433 e. The molecule has 0 spiro atoms. The maximum absolute atomic E-state index is 12.9. The van der Waals surface area contributed by atoms with Gasteiger partial charge < -0.3 is 15.2 Å². The minimum Gasteiger partial charge on any atom is -0.392 e. The number of hydrogen-bond donors (Lipinski definition) is 2. The third-order valence-electron chi connectivity index (χ3n) is 5.13. The van der Waals surface area contributed by atoms with Crippen LogP contribution in [0.3, 0.4) is 0 Å². The number of nitrogens with one attached hydrogen (secondary N) is 1. The van der Waals surface area contributed by atoms with Gasteiger partial charge in [0.05, 0.1) is 37.4 Å². The van der Waals surface area contributed by atoms with Gasteiger partial charge in [-0.2, -0.15) is 13.2 Å². The molecule has 3 aromatic heterocycles. The van der Waals surface area contributed by atoms with Crippen molar-refractivity contribution >= 4 is 23.2 Å². The number of alkyl halides is 3. The zero-order chi connectivity index (χ0) is 22.9. The number of rotatable bonds is 5. The Morgan fingerprint density at radius 3 is 2.44 bits per heavy atom. The normalized spacial score (nSPS) is 15.2. The number of amides is 1. The summed E-state index contributed by atoms with van der Waals surface area (Å²) in [6.45, 7) is -0.357. The number of nitrogens with zero attached hydrogens (tertiary/aromatic N) is 3. The van der Waals surface area contributed by atoms with Crippen molar-refractivity contribution in [3.8, 4) is 11.1 Å². The molecule has 1 fully saturated rings. The lowest BCUT2D eigenvalue weighted by atomic mass is 9.80. The monoisotopic (exact) mass is 464 g/mol. The van der Waals surface area contributed by atoms with Crippen molar-refractivity contribution in [1.82, 2.24) is 15.0 Å². The van der Waals surface area contributed by atoms with Crippen LogP contribution in [0.5, 0.6) is 0 Å². The Kier molecular flexibility index (Phi) is 5.85. The molecule has 4 heterocycles. The Morgan fingerprint density at radius 2 is 1.91 bits per heavy atom. The van der Waals surface area contributed by atoms with Crippen molar-refractivity contribution in [2.24, 2.45) is 0 Å². The fourth-order valence-electron chi connectivity index (χ4n) is 3.28. The first-order valence-corrected chi connectivity index (χ1v) is 9.75. The quantitative estimate of drug-likeness (QED) is 0.560. The second kappa shape index (κ2) is 8.45. The third-order valence-corrected chi connectivity index (χ3v) is 5.36. The summed E-state index contributed by atoms with van der Waals surface area (Å²) < 4.78 is 44.0. The minimum atomic E-state index is -4.62. The molecular weight excluding hydrogens is 449 g/mol. The van der Waals surface area contributed by atoms with Gasteiger partial charge in [0.25, 0.3) is 0 Å². The molecule has 11 heteroatoms. The summed E-state index contributed by atoms with van der Waals surface area (Å²) in [6, 6.07) is 7.19. The highest BCUT2D eigenvalue weighted by Crippen LogP contribution is 2.35. The van der Waals surface area contributed by atoms with Gasteiger partial charge in [-0.15, -0.1) is 0 Å². The number of carbonyl (C=O) groups excluding carboxylic acids is 1. The number of hydrogen-bond acceptors (Lipinski definition) is 6. The zero-order valence-corrected chi connectivity index (χ0v) is 17.1. The summed E-state index contributed by atoms with van der Waals surface area (Å²) in [5, 5.41) is 12.6. The fraction of sp³-hybridized carbons (Fsp3) is 0.238. The van der Waals surface area contributed by atoms with Gasteiger partial charge in [-0.25, -0.2) is 4.98 Å². The number of aliphatic hydroxyl groups is 1. The number of aromatic nitrogens is 3. The van der Waals surface area contributed by atoms with Crippen LogP contribution in [0.15, 0.2) is 48.9 Å². The van der Waals surface area contributed by atoms with Crippen LogP contribution in [-0.2, 0) is 27.7 Å². The smallest absolute Gasteiger partial charge is 0.392 e. The van der Waals surface area contributed by atoms with Crippen LogP contribution in [0.1, 0.15) is 17.0 Å². The molecule has 166 valence electrons. The van der Waals surface area contributed by atoms with Gasteiger partial charge in [-0.05, 0) is 29.8 Å². The van der Waals surface area contributed by atoms with Crippen molar-refractivity contribution in [1.29, 1.82) is 0 Å². The predicted molar refractivity (Wildman–Crippen MR) is 109 cm³/mol. The van der Waals surface area contributed by atoms with Crippen LogP contribution < -0.4 is 5.32 Å². The van der Waals surface area contributed by atoms with Crippen molar-refractivity contribution in [3.63, 3.8) is 0 Å². The van der Waals surface area contributed by atoms with E-state index in [1.165, 1.54) is 12.4 Å². The third kappa shape index (κ3) is 4.16. The van der Waals surface area contributed by atoms with Gasteiger partial charge in [0.15, 0.2) is 0 Å². The summed E-state index contributed by atoms with van der Waals surface area (Å²) in [7, 11) is 0. The molecule has 0 bridgehead atoms. The maximum atomic E-state index is 12.9. The molecule has 4 rings (SSSR count). The highest BCUT2D eigenvalue weighted by molar-refractivity contribution is 6.29. The number of anilines is 1. The van der Waals surface area contributed by atoms with Crippen molar-refractivity contribution in [2.45, 2.75) is 18.2 Å². The number of carbonyl (C=O) groups is 1. The molecule has 0 unspecified atom stereocenters. The summed E-state index contributed by atoms with van der Waals surface area (Å²) >= 11 is 5.76. The van der Waals surface area contributed by atoms with Crippen molar-refractivity contribution in [3.05, 3.63) is 71.0 Å². The lowest BCUT2D eigenvalue weighted by Gasteiger charge is -2.39. The van der Waals surface area contributed by atoms with Gasteiger partial charge in [-0.1, -0.05) is 17.7 Å². The highest BCUT2D eigenvalue weighted by Gasteiger charge is 2.49. The SMILES string of the molecule is O=C(Nc1ccc(Cl)nc1)C1(c2ccc(-c3cnc(C(F)(F)F)cc3CO)cn2)COC1. The van der Waals surface area contributed by atoms with Crippen LogP contribution in [-0.4, -0.2) is 39.2 Å². The molecular formula is C21H16ClF3N4O3. The molecule has 7 nitrogen and oxygen atoms in total. The average Bonchev–Trinajstić information content (AvgIpc) is 2.74. The zero-order valence-electron chi connectivity index (χ0n) is 16.4. The predicted octanol–water partition coefficient (Wildman–Crippen LogP) is 3.61. The molecule has 0 saturated carbocycles. The second-order valence-corrected chi connectivity index (χ2v) is 7.60. The first-order chi connectivity index (χ1) is 15.2. The van der Waals surface area contributed by atoms with E-state index in [9.17, 15) is 23.1 Å². The molecule has 1 aliphatic rings. The van der Waals surface area contributed by atoms with E-state index in [1.54, 1.807) is 24.3 Å². The summed E-state index contributed by atoms with van der Waals surface area (Å²) in [5.41, 5.74) is -0.364. The van der Waals surface area contributed by atoms with Gasteiger partial charge in [0.1, 0.15) is 16.3 Å². The molecule has 0 atom stereocenters. The standard InChI is InChI=1S/C21H16ClF3N4O3/c22-18-4-2-14(7-28-18)29-19(31)20(10-32-11-20)16-3-1-12(6-26-16)15-8-27-17(21(23,24)25)5-13(15)9-30/h1-8,30H,9-11H2,(H,29,31). The molecule has 1 aliphatic heterocycles. The lowest BCUT2D eigenvalue weighted by Crippen LogP contribution is -2.56. The molecule has 1 saturated heterocycles. The Morgan fingerprint density at radius 1 is 1.12 bits per heavy atom. The van der Waals surface area contributed by atoms with E-state index in [-0.39, 0.29) is 24.7 Å². The first kappa shape index (κ1) is 22.1. The van der Waals surface area contributed by atoms with E-state index in [1.807, 2.05) is 0 Å².